The molecule has 174 valence electrons. The molecule has 1 aliphatic rings. The van der Waals surface area contributed by atoms with Gasteiger partial charge in [-0.2, -0.15) is 18.2 Å². The molecule has 0 radical (unpaired) electrons. The van der Waals surface area contributed by atoms with Gasteiger partial charge in [0.2, 0.25) is 5.91 Å². The van der Waals surface area contributed by atoms with Gasteiger partial charge in [-0.05, 0) is 56.2 Å². The lowest BCUT2D eigenvalue weighted by atomic mass is 10.1. The van der Waals surface area contributed by atoms with Gasteiger partial charge in [-0.25, -0.2) is 4.68 Å². The molecule has 10 heteroatoms. The van der Waals surface area contributed by atoms with E-state index >= 15 is 0 Å². The van der Waals surface area contributed by atoms with Gasteiger partial charge in [-0.3, -0.25) is 4.79 Å². The number of nitrogens with zero attached hydrogens (tertiary/aromatic N) is 3. The molecule has 1 N–H and O–H groups in total. The van der Waals surface area contributed by atoms with Crippen LogP contribution in [0.2, 0.25) is 0 Å². The minimum atomic E-state index is -4.43. The number of aromatic nitrogens is 3. The third-order valence-electron chi connectivity index (χ3n) is 5.05. The van der Waals surface area contributed by atoms with Gasteiger partial charge in [0.15, 0.2) is 5.82 Å². The van der Waals surface area contributed by atoms with E-state index in [9.17, 15) is 18.0 Å². The van der Waals surface area contributed by atoms with Gasteiger partial charge < -0.3 is 14.8 Å². The first-order chi connectivity index (χ1) is 15.8. The summed E-state index contributed by atoms with van der Waals surface area (Å²) < 4.78 is 51.2. The van der Waals surface area contributed by atoms with Crippen LogP contribution in [0.1, 0.15) is 25.3 Å². The zero-order valence-corrected chi connectivity index (χ0v) is 17.9. The second-order valence-electron chi connectivity index (χ2n) is 7.56. The van der Waals surface area contributed by atoms with Gasteiger partial charge in [0.1, 0.15) is 6.61 Å². The van der Waals surface area contributed by atoms with Crippen molar-refractivity contribution >= 4 is 11.6 Å². The highest BCUT2D eigenvalue weighted by atomic mass is 19.4. The van der Waals surface area contributed by atoms with E-state index in [2.05, 4.69) is 15.4 Å². The number of anilines is 1. The lowest BCUT2D eigenvalue weighted by molar-refractivity contribution is -0.137. The predicted molar refractivity (Wildman–Crippen MR) is 115 cm³/mol. The van der Waals surface area contributed by atoms with Crippen molar-refractivity contribution in [1.82, 2.24) is 14.8 Å². The van der Waals surface area contributed by atoms with Gasteiger partial charge in [0.05, 0.1) is 17.9 Å². The fourth-order valence-corrected chi connectivity index (χ4v) is 3.14. The number of carbonyl (C=O) groups is 1. The Morgan fingerprint density at radius 1 is 1.09 bits per heavy atom. The van der Waals surface area contributed by atoms with Gasteiger partial charge in [-0.15, -0.1) is 5.10 Å². The van der Waals surface area contributed by atoms with E-state index in [1.807, 2.05) is 6.92 Å². The highest BCUT2D eigenvalue weighted by molar-refractivity contribution is 5.94. The SMILES string of the molecule is CCOCCOc1nc(-c2ccc(C(F)(F)F)cc2)n(-c2ccc(NC(=O)C3CC3)cc2)n1. The average molecular weight is 460 g/mol. The van der Waals surface area contributed by atoms with Crippen LogP contribution in [0.15, 0.2) is 48.5 Å². The molecule has 4 rings (SSSR count). The van der Waals surface area contributed by atoms with Crippen molar-refractivity contribution in [3.05, 3.63) is 54.1 Å². The van der Waals surface area contributed by atoms with Crippen LogP contribution in [0, 0.1) is 5.92 Å². The standard InChI is InChI=1S/C23H23F3N4O3/c1-2-32-13-14-33-22-28-20(15-5-7-17(8-6-15)23(24,25)26)30(29-22)19-11-9-18(10-12-19)27-21(31)16-3-4-16/h5-12,16H,2-4,13-14H2,1H3,(H,27,31). The fourth-order valence-electron chi connectivity index (χ4n) is 3.14. The summed E-state index contributed by atoms with van der Waals surface area (Å²) in [7, 11) is 0. The Hall–Kier alpha value is -3.40. The Kier molecular flexibility index (Phi) is 6.64. The highest BCUT2D eigenvalue weighted by Crippen LogP contribution is 2.32. The number of carbonyl (C=O) groups excluding carboxylic acids is 1. The second-order valence-corrected chi connectivity index (χ2v) is 7.56. The summed E-state index contributed by atoms with van der Waals surface area (Å²) in [5, 5.41) is 7.24. The number of rotatable bonds is 9. The van der Waals surface area contributed by atoms with Crippen LogP contribution in [0.25, 0.3) is 17.1 Å². The van der Waals surface area contributed by atoms with E-state index < -0.39 is 11.7 Å². The molecule has 0 saturated heterocycles. The minimum absolute atomic E-state index is 0.000987. The number of benzene rings is 2. The molecule has 1 heterocycles. The van der Waals surface area contributed by atoms with Gasteiger partial charge in [-0.1, -0.05) is 12.1 Å². The topological polar surface area (TPSA) is 78.3 Å². The summed E-state index contributed by atoms with van der Waals surface area (Å²) in [6.07, 6.45) is -2.61. The van der Waals surface area contributed by atoms with E-state index in [0.717, 1.165) is 25.0 Å². The number of hydrogen-bond acceptors (Lipinski definition) is 5. The van der Waals surface area contributed by atoms with Crippen LogP contribution < -0.4 is 10.1 Å². The van der Waals surface area contributed by atoms with Crippen LogP contribution in [0.4, 0.5) is 18.9 Å². The summed E-state index contributed by atoms with van der Waals surface area (Å²) in [4.78, 5) is 16.3. The number of hydrogen-bond donors (Lipinski definition) is 1. The van der Waals surface area contributed by atoms with Crippen LogP contribution in [0.5, 0.6) is 6.01 Å². The molecule has 1 saturated carbocycles. The van der Waals surface area contributed by atoms with Crippen molar-refractivity contribution in [3.63, 3.8) is 0 Å². The summed E-state index contributed by atoms with van der Waals surface area (Å²) in [5.74, 6) is 0.409. The fraction of sp³-hybridized carbons (Fsp3) is 0.348. The maximum absolute atomic E-state index is 13.0. The second kappa shape index (κ2) is 9.62. The molecule has 0 spiro atoms. The highest BCUT2D eigenvalue weighted by Gasteiger charge is 2.31. The first-order valence-electron chi connectivity index (χ1n) is 10.6. The van der Waals surface area contributed by atoms with Crippen molar-refractivity contribution < 1.29 is 27.4 Å². The van der Waals surface area contributed by atoms with Gasteiger partial charge >= 0.3 is 12.2 Å². The molecule has 0 aliphatic heterocycles. The van der Waals surface area contributed by atoms with E-state index in [1.54, 1.807) is 24.3 Å². The zero-order chi connectivity index (χ0) is 23.4. The third-order valence-corrected chi connectivity index (χ3v) is 5.05. The maximum Gasteiger partial charge on any atom is 0.416 e. The van der Waals surface area contributed by atoms with Crippen molar-refractivity contribution in [2.45, 2.75) is 25.9 Å². The molecule has 1 aliphatic carbocycles. The Bertz CT molecular complexity index is 1090. The largest absolute Gasteiger partial charge is 0.460 e. The van der Waals surface area contributed by atoms with Crippen molar-refractivity contribution in [3.8, 4) is 23.1 Å². The zero-order valence-electron chi connectivity index (χ0n) is 17.9. The molecule has 7 nitrogen and oxygen atoms in total. The van der Waals surface area contributed by atoms with E-state index in [0.29, 0.717) is 36.0 Å². The first-order valence-corrected chi connectivity index (χ1v) is 10.6. The molecule has 1 amide bonds. The van der Waals surface area contributed by atoms with Crippen molar-refractivity contribution in [2.75, 3.05) is 25.1 Å². The number of alkyl halides is 3. The Morgan fingerprint density at radius 2 is 1.79 bits per heavy atom. The molecular formula is C23H23F3N4O3. The predicted octanol–water partition coefficient (Wildman–Crippen LogP) is 4.72. The molecule has 2 aromatic carbocycles. The van der Waals surface area contributed by atoms with E-state index in [-0.39, 0.29) is 24.4 Å². The molecule has 3 aromatic rings. The molecule has 0 atom stereocenters. The summed E-state index contributed by atoms with van der Waals surface area (Å²) in [6, 6.07) is 11.7. The first kappa shape index (κ1) is 22.8. The van der Waals surface area contributed by atoms with E-state index in [1.165, 1.54) is 16.8 Å². The number of amides is 1. The van der Waals surface area contributed by atoms with E-state index in [4.69, 9.17) is 9.47 Å². The quantitative estimate of drug-likeness (QED) is 0.468. The third kappa shape index (κ3) is 5.70. The number of ether oxygens (including phenoxy) is 2. The van der Waals surface area contributed by atoms with Crippen LogP contribution in [-0.2, 0) is 15.7 Å². The molecule has 1 fully saturated rings. The molecule has 33 heavy (non-hydrogen) atoms. The van der Waals surface area contributed by atoms with Gasteiger partial charge in [0.25, 0.3) is 0 Å². The van der Waals surface area contributed by atoms with Crippen LogP contribution in [0.3, 0.4) is 0 Å². The Morgan fingerprint density at radius 3 is 2.39 bits per heavy atom. The average Bonchev–Trinajstić information content (AvgIpc) is 3.57. The molecule has 1 aromatic heterocycles. The molecular weight excluding hydrogens is 437 g/mol. The van der Waals surface area contributed by atoms with Crippen molar-refractivity contribution in [1.29, 1.82) is 0 Å². The molecule has 0 bridgehead atoms. The van der Waals surface area contributed by atoms with Crippen molar-refractivity contribution in [2.24, 2.45) is 5.92 Å². The smallest absolute Gasteiger partial charge is 0.416 e. The monoisotopic (exact) mass is 460 g/mol. The summed E-state index contributed by atoms with van der Waals surface area (Å²) >= 11 is 0. The minimum Gasteiger partial charge on any atom is -0.460 e. The number of nitrogens with one attached hydrogen (secondary N) is 1. The molecule has 0 unspecified atom stereocenters. The maximum atomic E-state index is 13.0. The summed E-state index contributed by atoms with van der Waals surface area (Å²) in [6.45, 7) is 3.00. The van der Waals surface area contributed by atoms with Gasteiger partial charge in [0, 0.05) is 23.8 Å². The summed E-state index contributed by atoms with van der Waals surface area (Å²) in [5.41, 5.74) is 0.962. The normalized spacial score (nSPS) is 13.7. The van der Waals surface area contributed by atoms with Crippen LogP contribution >= 0.6 is 0 Å². The number of halogens is 3. The lowest BCUT2D eigenvalue weighted by Gasteiger charge is -2.09. The van der Waals surface area contributed by atoms with Crippen LogP contribution in [-0.4, -0.2) is 40.5 Å². The lowest BCUT2D eigenvalue weighted by Crippen LogP contribution is -2.13. The Labute approximate surface area is 188 Å². The Balaban J connectivity index is 1.60.